The Bertz CT molecular complexity index is 307. The monoisotopic (exact) mass is 178 g/mol. The smallest absolute Gasteiger partial charge is 0.337 e. The van der Waals surface area contributed by atoms with Crippen LogP contribution in [0, 0.1) is 0 Å². The Balaban J connectivity index is 2.17. The van der Waals surface area contributed by atoms with Gasteiger partial charge < -0.3 is 9.47 Å². The molecule has 1 fully saturated rings. The summed E-state index contributed by atoms with van der Waals surface area (Å²) in [5.41, 5.74) is 0.875. The second kappa shape index (κ2) is 3.18. The number of benzene rings is 1. The Morgan fingerprint density at radius 3 is 2.46 bits per heavy atom. The first kappa shape index (κ1) is 8.26. The molecule has 0 amide bonds. The highest BCUT2D eigenvalue weighted by Crippen LogP contribution is 2.26. The molecule has 1 aliphatic rings. The lowest BCUT2D eigenvalue weighted by Crippen LogP contribution is -2.09. The molecule has 1 aliphatic heterocycles. The molecule has 0 aliphatic carbocycles. The zero-order chi connectivity index (χ0) is 9.26. The van der Waals surface area contributed by atoms with E-state index in [1.165, 1.54) is 0 Å². The molecule has 1 saturated heterocycles. The summed E-state index contributed by atoms with van der Waals surface area (Å²) in [5.74, 6) is -0.297. The number of carbonyl (C=O) groups excluding carboxylic acids is 1. The van der Waals surface area contributed by atoms with Gasteiger partial charge in [0.15, 0.2) is 6.10 Å². The quantitative estimate of drug-likeness (QED) is 0.613. The van der Waals surface area contributed by atoms with Crippen molar-refractivity contribution in [1.29, 1.82) is 0 Å². The van der Waals surface area contributed by atoms with Crippen LogP contribution >= 0.6 is 0 Å². The minimum atomic E-state index is -0.524. The standard InChI is InChI=1S/C10H10O3/c1-7-9(11)13-10(12-7)8-5-3-2-4-6-8/h2-7,10H,1H3/t7-,10-/m0/s1. The molecule has 3 heteroatoms. The van der Waals surface area contributed by atoms with Crippen molar-refractivity contribution < 1.29 is 14.3 Å². The molecule has 13 heavy (non-hydrogen) atoms. The number of cyclic esters (lactones) is 1. The van der Waals surface area contributed by atoms with Gasteiger partial charge in [-0.1, -0.05) is 30.3 Å². The van der Waals surface area contributed by atoms with Gasteiger partial charge in [-0.3, -0.25) is 0 Å². The molecule has 0 bridgehead atoms. The average Bonchev–Trinajstić information content (AvgIpc) is 2.49. The van der Waals surface area contributed by atoms with Crippen LogP contribution in [0.15, 0.2) is 30.3 Å². The van der Waals surface area contributed by atoms with E-state index in [9.17, 15) is 4.79 Å². The Labute approximate surface area is 76.3 Å². The maximum absolute atomic E-state index is 11.0. The zero-order valence-electron chi connectivity index (χ0n) is 7.27. The van der Waals surface area contributed by atoms with E-state index in [1.54, 1.807) is 6.92 Å². The SMILES string of the molecule is C[C@@H]1O[C@H](c2ccccc2)OC1=O. The van der Waals surface area contributed by atoms with Crippen LogP contribution < -0.4 is 0 Å². The molecule has 1 aromatic rings. The number of hydrogen-bond donors (Lipinski definition) is 0. The lowest BCUT2D eigenvalue weighted by atomic mass is 10.2. The van der Waals surface area contributed by atoms with Gasteiger partial charge in [0.1, 0.15) is 0 Å². The van der Waals surface area contributed by atoms with Crippen LogP contribution in [-0.4, -0.2) is 12.1 Å². The first-order chi connectivity index (χ1) is 6.27. The summed E-state index contributed by atoms with van der Waals surface area (Å²) >= 11 is 0. The van der Waals surface area contributed by atoms with Gasteiger partial charge in [-0.15, -0.1) is 0 Å². The van der Waals surface area contributed by atoms with Crippen molar-refractivity contribution in [3.63, 3.8) is 0 Å². The second-order valence-corrected chi connectivity index (χ2v) is 2.96. The van der Waals surface area contributed by atoms with Crippen molar-refractivity contribution >= 4 is 5.97 Å². The second-order valence-electron chi connectivity index (χ2n) is 2.96. The number of carbonyl (C=O) groups is 1. The van der Waals surface area contributed by atoms with Crippen molar-refractivity contribution in [1.82, 2.24) is 0 Å². The lowest BCUT2D eigenvalue weighted by Gasteiger charge is -2.07. The third-order valence-electron chi connectivity index (χ3n) is 1.95. The van der Waals surface area contributed by atoms with E-state index in [2.05, 4.69) is 0 Å². The Morgan fingerprint density at radius 1 is 1.23 bits per heavy atom. The van der Waals surface area contributed by atoms with E-state index in [0.29, 0.717) is 0 Å². The molecule has 68 valence electrons. The van der Waals surface area contributed by atoms with Gasteiger partial charge in [-0.05, 0) is 6.92 Å². The molecule has 0 unspecified atom stereocenters. The molecule has 2 rings (SSSR count). The summed E-state index contributed by atoms with van der Waals surface area (Å²) in [5, 5.41) is 0. The minimum absolute atomic E-state index is 0.297. The fraction of sp³-hybridized carbons (Fsp3) is 0.300. The van der Waals surface area contributed by atoms with Crippen LogP contribution in [-0.2, 0) is 14.3 Å². The third-order valence-corrected chi connectivity index (χ3v) is 1.95. The molecule has 1 aromatic carbocycles. The molecule has 0 radical (unpaired) electrons. The summed E-state index contributed by atoms with van der Waals surface area (Å²) in [6.45, 7) is 1.69. The first-order valence-corrected chi connectivity index (χ1v) is 4.18. The molecular formula is C10H10O3. The summed E-state index contributed by atoms with van der Waals surface area (Å²) < 4.78 is 10.3. The molecule has 2 atom stereocenters. The molecule has 0 spiro atoms. The largest absolute Gasteiger partial charge is 0.429 e. The number of esters is 1. The van der Waals surface area contributed by atoms with E-state index in [4.69, 9.17) is 9.47 Å². The Morgan fingerprint density at radius 2 is 1.92 bits per heavy atom. The fourth-order valence-electron chi connectivity index (χ4n) is 1.23. The van der Waals surface area contributed by atoms with Gasteiger partial charge in [0, 0.05) is 5.56 Å². The van der Waals surface area contributed by atoms with E-state index in [-0.39, 0.29) is 5.97 Å². The predicted molar refractivity (Wildman–Crippen MR) is 45.8 cm³/mol. The summed E-state index contributed by atoms with van der Waals surface area (Å²) in [6, 6.07) is 9.42. The van der Waals surface area contributed by atoms with Crippen LogP contribution in [0.1, 0.15) is 18.8 Å². The highest BCUT2D eigenvalue weighted by molar-refractivity contribution is 5.75. The van der Waals surface area contributed by atoms with E-state index < -0.39 is 12.4 Å². The van der Waals surface area contributed by atoms with Crippen LogP contribution in [0.2, 0.25) is 0 Å². The van der Waals surface area contributed by atoms with Crippen molar-refractivity contribution in [3.8, 4) is 0 Å². The topological polar surface area (TPSA) is 35.5 Å². The van der Waals surface area contributed by atoms with Gasteiger partial charge in [-0.25, -0.2) is 4.79 Å². The fourth-order valence-corrected chi connectivity index (χ4v) is 1.23. The molecular weight excluding hydrogens is 168 g/mol. The summed E-state index contributed by atoms with van der Waals surface area (Å²) in [7, 11) is 0. The van der Waals surface area contributed by atoms with E-state index in [1.807, 2.05) is 30.3 Å². The van der Waals surface area contributed by atoms with Crippen molar-refractivity contribution in [3.05, 3.63) is 35.9 Å². The number of hydrogen-bond acceptors (Lipinski definition) is 3. The minimum Gasteiger partial charge on any atom is -0.429 e. The molecule has 0 saturated carbocycles. The number of rotatable bonds is 1. The first-order valence-electron chi connectivity index (χ1n) is 4.18. The molecule has 1 heterocycles. The lowest BCUT2D eigenvalue weighted by molar-refractivity contribution is -0.144. The highest BCUT2D eigenvalue weighted by Gasteiger charge is 2.32. The maximum atomic E-state index is 11.0. The highest BCUT2D eigenvalue weighted by atomic mass is 16.7. The van der Waals surface area contributed by atoms with Crippen molar-refractivity contribution in [2.75, 3.05) is 0 Å². The van der Waals surface area contributed by atoms with Crippen molar-refractivity contribution in [2.24, 2.45) is 0 Å². The van der Waals surface area contributed by atoms with E-state index in [0.717, 1.165) is 5.56 Å². The number of ether oxygens (including phenoxy) is 2. The van der Waals surface area contributed by atoms with Crippen LogP contribution in [0.3, 0.4) is 0 Å². The Kier molecular flexibility index (Phi) is 2.02. The normalized spacial score (nSPS) is 27.3. The third kappa shape index (κ3) is 1.55. The summed E-state index contributed by atoms with van der Waals surface area (Å²) in [6.07, 6.45) is -0.978. The molecule has 0 N–H and O–H groups in total. The van der Waals surface area contributed by atoms with Crippen molar-refractivity contribution in [2.45, 2.75) is 19.3 Å². The van der Waals surface area contributed by atoms with Gasteiger partial charge in [0.25, 0.3) is 0 Å². The van der Waals surface area contributed by atoms with Gasteiger partial charge >= 0.3 is 5.97 Å². The van der Waals surface area contributed by atoms with Crippen LogP contribution in [0.25, 0.3) is 0 Å². The summed E-state index contributed by atoms with van der Waals surface area (Å²) in [4.78, 5) is 11.0. The van der Waals surface area contributed by atoms with Gasteiger partial charge in [0.2, 0.25) is 6.29 Å². The molecule has 3 nitrogen and oxygen atoms in total. The van der Waals surface area contributed by atoms with Crippen LogP contribution in [0.4, 0.5) is 0 Å². The average molecular weight is 178 g/mol. The van der Waals surface area contributed by atoms with Gasteiger partial charge in [0.05, 0.1) is 0 Å². The maximum Gasteiger partial charge on any atom is 0.337 e. The van der Waals surface area contributed by atoms with E-state index >= 15 is 0 Å². The van der Waals surface area contributed by atoms with Gasteiger partial charge in [-0.2, -0.15) is 0 Å². The predicted octanol–water partition coefficient (Wildman–Crippen LogP) is 1.65. The molecule has 0 aromatic heterocycles. The van der Waals surface area contributed by atoms with Crippen LogP contribution in [0.5, 0.6) is 0 Å². The Hall–Kier alpha value is -1.35. The zero-order valence-corrected chi connectivity index (χ0v) is 7.27.